The number of halogens is 1. The average Bonchev–Trinajstić information content (AvgIpc) is 2.95. The van der Waals surface area contributed by atoms with Crippen LogP contribution in [0.5, 0.6) is 5.75 Å². The van der Waals surface area contributed by atoms with Gasteiger partial charge in [-0.05, 0) is 17.5 Å². The molecule has 0 amide bonds. The van der Waals surface area contributed by atoms with Gasteiger partial charge in [0.25, 0.3) is 0 Å². The summed E-state index contributed by atoms with van der Waals surface area (Å²) in [6.07, 6.45) is -0.382. The van der Waals surface area contributed by atoms with E-state index in [0.29, 0.717) is 12.5 Å². The Hall–Kier alpha value is -1.29. The molecule has 2 aromatic rings. The van der Waals surface area contributed by atoms with Crippen LogP contribution in [0.4, 0.5) is 0 Å². The van der Waals surface area contributed by atoms with Crippen LogP contribution in [0.25, 0.3) is 10.8 Å². The van der Waals surface area contributed by atoms with Crippen molar-refractivity contribution >= 4 is 22.4 Å². The molecule has 0 aromatic heterocycles. The SMILES string of the molecule is COc1ccc(C2OCC(CCl)O2)c2ccccc12. The molecule has 2 aromatic carbocycles. The van der Waals surface area contributed by atoms with Gasteiger partial charge in [0.1, 0.15) is 5.75 Å². The van der Waals surface area contributed by atoms with Gasteiger partial charge in [0.15, 0.2) is 6.29 Å². The second-order valence-corrected chi connectivity index (χ2v) is 4.79. The summed E-state index contributed by atoms with van der Waals surface area (Å²) < 4.78 is 16.8. The fourth-order valence-corrected chi connectivity index (χ4v) is 2.53. The molecule has 1 aliphatic rings. The Morgan fingerprint density at radius 2 is 2.00 bits per heavy atom. The van der Waals surface area contributed by atoms with E-state index in [9.17, 15) is 0 Å². The van der Waals surface area contributed by atoms with E-state index in [0.717, 1.165) is 22.1 Å². The van der Waals surface area contributed by atoms with Gasteiger partial charge in [-0.2, -0.15) is 0 Å². The summed E-state index contributed by atoms with van der Waals surface area (Å²) in [6, 6.07) is 12.0. The molecule has 1 aliphatic heterocycles. The molecule has 1 saturated heterocycles. The Balaban J connectivity index is 2.05. The van der Waals surface area contributed by atoms with Gasteiger partial charge in [0, 0.05) is 10.9 Å². The molecule has 0 bridgehead atoms. The lowest BCUT2D eigenvalue weighted by Gasteiger charge is -2.15. The number of methoxy groups -OCH3 is 1. The summed E-state index contributed by atoms with van der Waals surface area (Å²) in [5, 5.41) is 2.14. The topological polar surface area (TPSA) is 27.7 Å². The molecular weight excluding hydrogens is 264 g/mol. The second kappa shape index (κ2) is 5.37. The van der Waals surface area contributed by atoms with Crippen molar-refractivity contribution in [3.63, 3.8) is 0 Å². The Bertz CT molecular complexity index is 585. The van der Waals surface area contributed by atoms with Gasteiger partial charge in [0.2, 0.25) is 0 Å². The van der Waals surface area contributed by atoms with Crippen molar-refractivity contribution in [2.75, 3.05) is 19.6 Å². The van der Waals surface area contributed by atoms with Gasteiger partial charge in [-0.3, -0.25) is 0 Å². The second-order valence-electron chi connectivity index (χ2n) is 4.48. The lowest BCUT2D eigenvalue weighted by atomic mass is 10.0. The van der Waals surface area contributed by atoms with Crippen LogP contribution in [-0.4, -0.2) is 25.7 Å². The highest BCUT2D eigenvalue weighted by Gasteiger charge is 2.28. The summed E-state index contributed by atoms with van der Waals surface area (Å²) in [5.41, 5.74) is 1.02. The smallest absolute Gasteiger partial charge is 0.185 e. The maximum Gasteiger partial charge on any atom is 0.185 e. The first kappa shape index (κ1) is 12.7. The van der Waals surface area contributed by atoms with E-state index in [4.69, 9.17) is 25.8 Å². The molecule has 3 rings (SSSR count). The molecule has 100 valence electrons. The van der Waals surface area contributed by atoms with Crippen LogP contribution in [0.15, 0.2) is 36.4 Å². The summed E-state index contributed by atoms with van der Waals surface area (Å²) in [6.45, 7) is 0.536. The highest BCUT2D eigenvalue weighted by Crippen LogP contribution is 2.36. The average molecular weight is 279 g/mol. The molecule has 0 N–H and O–H groups in total. The normalized spacial score (nSPS) is 22.8. The first-order chi connectivity index (χ1) is 9.33. The van der Waals surface area contributed by atoms with Crippen molar-refractivity contribution in [3.05, 3.63) is 42.0 Å². The first-order valence-electron chi connectivity index (χ1n) is 6.22. The largest absolute Gasteiger partial charge is 0.496 e. The predicted octanol–water partition coefficient (Wildman–Crippen LogP) is 3.50. The zero-order valence-electron chi connectivity index (χ0n) is 10.6. The molecule has 4 heteroatoms. The molecule has 2 atom stereocenters. The van der Waals surface area contributed by atoms with Crippen LogP contribution >= 0.6 is 11.6 Å². The van der Waals surface area contributed by atoms with Crippen LogP contribution < -0.4 is 4.74 Å². The van der Waals surface area contributed by atoms with Crippen LogP contribution in [0.2, 0.25) is 0 Å². The van der Waals surface area contributed by atoms with E-state index in [1.165, 1.54) is 0 Å². The third-order valence-corrected chi connectivity index (χ3v) is 3.66. The quantitative estimate of drug-likeness (QED) is 0.804. The molecule has 1 heterocycles. The van der Waals surface area contributed by atoms with E-state index in [1.807, 2.05) is 36.4 Å². The van der Waals surface area contributed by atoms with Crippen LogP contribution in [0.3, 0.4) is 0 Å². The van der Waals surface area contributed by atoms with Crippen molar-refractivity contribution in [3.8, 4) is 5.75 Å². The van der Waals surface area contributed by atoms with Crippen LogP contribution in [-0.2, 0) is 9.47 Å². The maximum absolute atomic E-state index is 5.80. The molecule has 0 aliphatic carbocycles. The maximum atomic E-state index is 5.80. The van der Waals surface area contributed by atoms with Crippen molar-refractivity contribution in [2.24, 2.45) is 0 Å². The monoisotopic (exact) mass is 278 g/mol. The molecule has 2 unspecified atom stereocenters. The number of hydrogen-bond donors (Lipinski definition) is 0. The summed E-state index contributed by atoms with van der Waals surface area (Å²) in [7, 11) is 1.67. The molecule has 0 radical (unpaired) electrons. The molecule has 19 heavy (non-hydrogen) atoms. The lowest BCUT2D eigenvalue weighted by Crippen LogP contribution is -2.10. The molecular formula is C15H15ClO3. The van der Waals surface area contributed by atoms with Gasteiger partial charge in [-0.15, -0.1) is 11.6 Å². The zero-order valence-corrected chi connectivity index (χ0v) is 11.4. The molecule has 0 saturated carbocycles. The van der Waals surface area contributed by atoms with Crippen LogP contribution in [0.1, 0.15) is 11.9 Å². The number of fused-ring (bicyclic) bond motifs is 1. The van der Waals surface area contributed by atoms with Gasteiger partial charge >= 0.3 is 0 Å². The Labute approximate surface area is 117 Å². The standard InChI is InChI=1S/C15H15ClO3/c1-17-14-7-6-13(11-4-2-3-5-12(11)14)15-18-9-10(8-16)19-15/h2-7,10,15H,8-9H2,1H3. The Morgan fingerprint density at radius 3 is 2.68 bits per heavy atom. The van der Waals surface area contributed by atoms with Crippen molar-refractivity contribution < 1.29 is 14.2 Å². The predicted molar refractivity (Wildman–Crippen MR) is 74.8 cm³/mol. The highest BCUT2D eigenvalue weighted by molar-refractivity contribution is 6.18. The third kappa shape index (κ3) is 2.29. The van der Waals surface area contributed by atoms with Gasteiger partial charge in [0.05, 0.1) is 25.7 Å². The van der Waals surface area contributed by atoms with E-state index in [2.05, 4.69) is 0 Å². The van der Waals surface area contributed by atoms with Crippen molar-refractivity contribution in [1.82, 2.24) is 0 Å². The zero-order chi connectivity index (χ0) is 13.2. The van der Waals surface area contributed by atoms with Gasteiger partial charge < -0.3 is 14.2 Å². The summed E-state index contributed by atoms with van der Waals surface area (Å²) >= 11 is 5.80. The fraction of sp³-hybridized carbons (Fsp3) is 0.333. The first-order valence-corrected chi connectivity index (χ1v) is 6.75. The number of alkyl halides is 1. The van der Waals surface area contributed by atoms with Crippen LogP contribution in [0, 0.1) is 0 Å². The minimum Gasteiger partial charge on any atom is -0.496 e. The number of ether oxygens (including phenoxy) is 3. The minimum atomic E-state index is -0.348. The fourth-order valence-electron chi connectivity index (χ4n) is 2.37. The highest BCUT2D eigenvalue weighted by atomic mass is 35.5. The summed E-state index contributed by atoms with van der Waals surface area (Å²) in [4.78, 5) is 0. The van der Waals surface area contributed by atoms with Crippen molar-refractivity contribution in [2.45, 2.75) is 12.4 Å². The minimum absolute atomic E-state index is 0.0347. The van der Waals surface area contributed by atoms with E-state index in [1.54, 1.807) is 7.11 Å². The Morgan fingerprint density at radius 1 is 1.21 bits per heavy atom. The number of hydrogen-bond acceptors (Lipinski definition) is 3. The molecule has 3 nitrogen and oxygen atoms in total. The van der Waals surface area contributed by atoms with E-state index in [-0.39, 0.29) is 12.4 Å². The van der Waals surface area contributed by atoms with Gasteiger partial charge in [-0.1, -0.05) is 24.3 Å². The number of benzene rings is 2. The van der Waals surface area contributed by atoms with E-state index >= 15 is 0 Å². The Kier molecular flexibility index (Phi) is 3.60. The van der Waals surface area contributed by atoms with E-state index < -0.39 is 0 Å². The lowest BCUT2D eigenvalue weighted by molar-refractivity contribution is -0.0556. The number of rotatable bonds is 3. The third-order valence-electron chi connectivity index (χ3n) is 3.31. The van der Waals surface area contributed by atoms with Crippen molar-refractivity contribution in [1.29, 1.82) is 0 Å². The molecule has 0 spiro atoms. The molecule has 1 fully saturated rings. The summed E-state index contributed by atoms with van der Waals surface area (Å²) in [5.74, 6) is 1.30. The van der Waals surface area contributed by atoms with Gasteiger partial charge in [-0.25, -0.2) is 0 Å².